The lowest BCUT2D eigenvalue weighted by molar-refractivity contribution is -0.123. The summed E-state index contributed by atoms with van der Waals surface area (Å²) in [6.07, 6.45) is 2.46. The predicted molar refractivity (Wildman–Crippen MR) is 90.4 cm³/mol. The summed E-state index contributed by atoms with van der Waals surface area (Å²) >= 11 is 0. The molecule has 1 heterocycles. The molecule has 4 heteroatoms. The van der Waals surface area contributed by atoms with Crippen molar-refractivity contribution < 1.29 is 9.53 Å². The SMILES string of the molecule is O=C(COc1ccc2ccccc2c1)NCCc1ccccn1. The van der Waals surface area contributed by atoms with Crippen molar-refractivity contribution in [2.75, 3.05) is 13.2 Å². The highest BCUT2D eigenvalue weighted by Crippen LogP contribution is 2.20. The Morgan fingerprint density at radius 1 is 1.00 bits per heavy atom. The molecule has 0 radical (unpaired) electrons. The number of rotatable bonds is 6. The Hall–Kier alpha value is -2.88. The zero-order valence-corrected chi connectivity index (χ0v) is 12.7. The van der Waals surface area contributed by atoms with Gasteiger partial charge in [0.15, 0.2) is 6.61 Å². The van der Waals surface area contributed by atoms with E-state index in [1.165, 1.54) is 0 Å². The summed E-state index contributed by atoms with van der Waals surface area (Å²) in [6.45, 7) is 0.567. The fourth-order valence-electron chi connectivity index (χ4n) is 2.33. The molecule has 0 atom stereocenters. The van der Waals surface area contributed by atoms with Gasteiger partial charge >= 0.3 is 0 Å². The van der Waals surface area contributed by atoms with E-state index >= 15 is 0 Å². The third-order valence-electron chi connectivity index (χ3n) is 3.52. The van der Waals surface area contributed by atoms with E-state index in [0.29, 0.717) is 18.7 Å². The number of nitrogens with one attached hydrogen (secondary N) is 1. The number of hydrogen-bond donors (Lipinski definition) is 1. The monoisotopic (exact) mass is 306 g/mol. The average Bonchev–Trinajstić information content (AvgIpc) is 2.61. The van der Waals surface area contributed by atoms with Crippen molar-refractivity contribution in [3.05, 3.63) is 72.6 Å². The van der Waals surface area contributed by atoms with E-state index < -0.39 is 0 Å². The molecule has 0 bridgehead atoms. The predicted octanol–water partition coefficient (Wildman–Crippen LogP) is 2.97. The molecular weight excluding hydrogens is 288 g/mol. The van der Waals surface area contributed by atoms with Crippen molar-refractivity contribution in [2.24, 2.45) is 0 Å². The summed E-state index contributed by atoms with van der Waals surface area (Å²) in [5.41, 5.74) is 0.961. The third-order valence-corrected chi connectivity index (χ3v) is 3.52. The molecule has 3 rings (SSSR count). The molecule has 0 aliphatic heterocycles. The van der Waals surface area contributed by atoms with Gasteiger partial charge < -0.3 is 10.1 Å². The molecule has 0 saturated heterocycles. The van der Waals surface area contributed by atoms with Crippen LogP contribution in [-0.4, -0.2) is 24.0 Å². The molecule has 1 N–H and O–H groups in total. The third kappa shape index (κ3) is 4.30. The van der Waals surface area contributed by atoms with Crippen molar-refractivity contribution in [1.82, 2.24) is 10.3 Å². The van der Waals surface area contributed by atoms with Crippen molar-refractivity contribution in [1.29, 1.82) is 0 Å². The van der Waals surface area contributed by atoms with Gasteiger partial charge in [-0.25, -0.2) is 0 Å². The number of amides is 1. The van der Waals surface area contributed by atoms with Crippen LogP contribution in [0.15, 0.2) is 66.9 Å². The number of benzene rings is 2. The Labute approximate surface area is 135 Å². The second-order valence-corrected chi connectivity index (χ2v) is 5.22. The minimum Gasteiger partial charge on any atom is -0.484 e. The van der Waals surface area contributed by atoms with Crippen LogP contribution in [0.4, 0.5) is 0 Å². The van der Waals surface area contributed by atoms with Crippen LogP contribution in [0, 0.1) is 0 Å². The first-order chi connectivity index (χ1) is 11.3. The minimum atomic E-state index is -0.130. The van der Waals surface area contributed by atoms with Gasteiger partial charge in [0.1, 0.15) is 5.75 Å². The van der Waals surface area contributed by atoms with E-state index in [1.54, 1.807) is 6.20 Å². The lowest BCUT2D eigenvalue weighted by Crippen LogP contribution is -2.30. The van der Waals surface area contributed by atoms with E-state index in [9.17, 15) is 4.79 Å². The van der Waals surface area contributed by atoms with Crippen LogP contribution in [0.1, 0.15) is 5.69 Å². The van der Waals surface area contributed by atoms with Gasteiger partial charge in [-0.1, -0.05) is 36.4 Å². The smallest absolute Gasteiger partial charge is 0.257 e. The Kier molecular flexibility index (Phi) is 4.84. The van der Waals surface area contributed by atoms with Crippen LogP contribution in [0.2, 0.25) is 0 Å². The van der Waals surface area contributed by atoms with E-state index in [0.717, 1.165) is 16.5 Å². The minimum absolute atomic E-state index is 0.0144. The van der Waals surface area contributed by atoms with Crippen molar-refractivity contribution >= 4 is 16.7 Å². The van der Waals surface area contributed by atoms with Crippen LogP contribution < -0.4 is 10.1 Å². The number of pyridine rings is 1. The maximum Gasteiger partial charge on any atom is 0.257 e. The fourth-order valence-corrected chi connectivity index (χ4v) is 2.33. The molecule has 1 amide bonds. The molecule has 116 valence electrons. The molecule has 1 aromatic heterocycles. The van der Waals surface area contributed by atoms with E-state index in [-0.39, 0.29) is 12.5 Å². The van der Waals surface area contributed by atoms with Gasteiger partial charge in [0.2, 0.25) is 0 Å². The van der Waals surface area contributed by atoms with Crippen LogP contribution in [-0.2, 0) is 11.2 Å². The summed E-state index contributed by atoms with van der Waals surface area (Å²) in [7, 11) is 0. The zero-order chi connectivity index (χ0) is 15.9. The Bertz CT molecular complexity index is 787. The topological polar surface area (TPSA) is 51.2 Å². The van der Waals surface area contributed by atoms with Crippen molar-refractivity contribution in [3.8, 4) is 5.75 Å². The summed E-state index contributed by atoms with van der Waals surface area (Å²) < 4.78 is 5.55. The van der Waals surface area contributed by atoms with Crippen LogP contribution in [0.3, 0.4) is 0 Å². The Balaban J connectivity index is 1.46. The summed E-state index contributed by atoms with van der Waals surface area (Å²) in [6, 6.07) is 19.6. The normalized spacial score (nSPS) is 10.4. The molecule has 0 saturated carbocycles. The van der Waals surface area contributed by atoms with Gasteiger partial charge in [0.05, 0.1) is 0 Å². The summed E-state index contributed by atoms with van der Waals surface area (Å²) in [5, 5.41) is 5.08. The van der Waals surface area contributed by atoms with Crippen LogP contribution in [0.5, 0.6) is 5.75 Å². The second kappa shape index (κ2) is 7.40. The molecular formula is C19H18N2O2. The van der Waals surface area contributed by atoms with Crippen LogP contribution >= 0.6 is 0 Å². The molecule has 0 aliphatic carbocycles. The standard InChI is InChI=1S/C19H18N2O2/c22-19(21-12-10-17-7-3-4-11-20-17)14-23-18-9-8-15-5-1-2-6-16(15)13-18/h1-9,11,13H,10,12,14H2,(H,21,22). The van der Waals surface area contributed by atoms with Gasteiger partial charge in [0.25, 0.3) is 5.91 Å². The lowest BCUT2D eigenvalue weighted by Gasteiger charge is -2.08. The number of hydrogen-bond acceptors (Lipinski definition) is 3. The van der Waals surface area contributed by atoms with E-state index in [2.05, 4.69) is 10.3 Å². The largest absolute Gasteiger partial charge is 0.484 e. The van der Waals surface area contributed by atoms with Gasteiger partial charge in [-0.3, -0.25) is 9.78 Å². The first kappa shape index (κ1) is 15.0. The first-order valence-corrected chi connectivity index (χ1v) is 7.59. The van der Waals surface area contributed by atoms with Gasteiger partial charge in [0, 0.05) is 24.9 Å². The lowest BCUT2D eigenvalue weighted by atomic mass is 10.1. The Morgan fingerprint density at radius 3 is 2.65 bits per heavy atom. The number of nitrogens with zero attached hydrogens (tertiary/aromatic N) is 1. The van der Waals surface area contributed by atoms with Gasteiger partial charge in [-0.15, -0.1) is 0 Å². The van der Waals surface area contributed by atoms with E-state index in [1.807, 2.05) is 60.7 Å². The van der Waals surface area contributed by atoms with Crippen molar-refractivity contribution in [3.63, 3.8) is 0 Å². The van der Waals surface area contributed by atoms with Crippen molar-refractivity contribution in [2.45, 2.75) is 6.42 Å². The molecule has 0 aliphatic rings. The summed E-state index contributed by atoms with van der Waals surface area (Å²) in [5.74, 6) is 0.567. The highest BCUT2D eigenvalue weighted by molar-refractivity contribution is 5.84. The highest BCUT2D eigenvalue weighted by atomic mass is 16.5. The zero-order valence-electron chi connectivity index (χ0n) is 12.7. The number of carbonyl (C=O) groups excluding carboxylic acids is 1. The van der Waals surface area contributed by atoms with Gasteiger partial charge in [-0.2, -0.15) is 0 Å². The van der Waals surface area contributed by atoms with E-state index in [4.69, 9.17) is 4.74 Å². The molecule has 23 heavy (non-hydrogen) atoms. The molecule has 0 fully saturated rings. The number of aromatic nitrogens is 1. The molecule has 3 aromatic rings. The van der Waals surface area contributed by atoms with Gasteiger partial charge in [-0.05, 0) is 35.0 Å². The second-order valence-electron chi connectivity index (χ2n) is 5.22. The van der Waals surface area contributed by atoms with Crippen LogP contribution in [0.25, 0.3) is 10.8 Å². The number of ether oxygens (including phenoxy) is 1. The summed E-state index contributed by atoms with van der Waals surface area (Å²) in [4.78, 5) is 16.0. The molecule has 4 nitrogen and oxygen atoms in total. The maximum absolute atomic E-state index is 11.8. The first-order valence-electron chi connectivity index (χ1n) is 7.59. The Morgan fingerprint density at radius 2 is 1.83 bits per heavy atom. The average molecular weight is 306 g/mol. The molecule has 0 spiro atoms. The number of carbonyl (C=O) groups is 1. The fraction of sp³-hybridized carbons (Fsp3) is 0.158. The maximum atomic E-state index is 11.8. The molecule has 0 unspecified atom stereocenters. The molecule has 2 aromatic carbocycles. The highest BCUT2D eigenvalue weighted by Gasteiger charge is 2.03. The quantitative estimate of drug-likeness (QED) is 0.762. The number of fused-ring (bicyclic) bond motifs is 1.